The Labute approximate surface area is 146 Å². The molecule has 1 aromatic heterocycles. The molecular weight excluding hydrogens is 304 g/mol. The molecule has 25 heavy (non-hydrogen) atoms. The molecule has 0 aliphatic rings. The van der Waals surface area contributed by atoms with E-state index in [1.165, 1.54) is 50.7 Å². The second kappa shape index (κ2) is 5.63. The number of hydrogen-bond donors (Lipinski definition) is 0. The first-order valence-corrected chi connectivity index (χ1v) is 9.11. The number of furan rings is 1. The summed E-state index contributed by atoms with van der Waals surface area (Å²) in [6.07, 6.45) is 3.56. The van der Waals surface area contributed by atoms with Crippen molar-refractivity contribution in [3.63, 3.8) is 0 Å². The van der Waals surface area contributed by atoms with Gasteiger partial charge in [-0.2, -0.15) is 0 Å². The molecule has 0 unspecified atom stereocenters. The molecule has 1 heterocycles. The van der Waals surface area contributed by atoms with Gasteiger partial charge in [0.15, 0.2) is 0 Å². The van der Waals surface area contributed by atoms with Crippen LogP contribution in [0.1, 0.15) is 25.3 Å². The van der Waals surface area contributed by atoms with Crippen LogP contribution in [0.4, 0.5) is 0 Å². The molecule has 0 saturated heterocycles. The van der Waals surface area contributed by atoms with Gasteiger partial charge in [0.2, 0.25) is 0 Å². The van der Waals surface area contributed by atoms with E-state index in [1.54, 1.807) is 0 Å². The van der Waals surface area contributed by atoms with E-state index in [4.69, 9.17) is 4.42 Å². The zero-order chi connectivity index (χ0) is 16.8. The van der Waals surface area contributed by atoms with Crippen LogP contribution < -0.4 is 0 Å². The van der Waals surface area contributed by atoms with Crippen LogP contribution in [0.3, 0.4) is 0 Å². The second-order valence-corrected chi connectivity index (χ2v) is 6.86. The predicted octanol–water partition coefficient (Wildman–Crippen LogP) is 7.24. The van der Waals surface area contributed by atoms with E-state index in [2.05, 4.69) is 73.7 Å². The fourth-order valence-corrected chi connectivity index (χ4v) is 3.90. The van der Waals surface area contributed by atoms with Gasteiger partial charge in [-0.05, 0) is 52.8 Å². The van der Waals surface area contributed by atoms with Gasteiger partial charge in [0.25, 0.3) is 0 Å². The molecule has 5 aromatic rings. The van der Waals surface area contributed by atoms with E-state index >= 15 is 0 Å². The second-order valence-electron chi connectivity index (χ2n) is 6.86. The van der Waals surface area contributed by atoms with Gasteiger partial charge in [0, 0.05) is 16.2 Å². The van der Waals surface area contributed by atoms with Crippen molar-refractivity contribution in [1.29, 1.82) is 0 Å². The van der Waals surface area contributed by atoms with Gasteiger partial charge in [0.1, 0.15) is 11.2 Å². The topological polar surface area (TPSA) is 13.1 Å². The Morgan fingerprint density at radius 3 is 2.40 bits per heavy atom. The van der Waals surface area contributed by atoms with Gasteiger partial charge < -0.3 is 4.42 Å². The summed E-state index contributed by atoms with van der Waals surface area (Å²) in [4.78, 5) is 0. The van der Waals surface area contributed by atoms with Crippen molar-refractivity contribution in [2.24, 2.45) is 0 Å². The quantitative estimate of drug-likeness (QED) is 0.319. The molecule has 0 aliphatic heterocycles. The normalized spacial score (nSPS) is 11.9. The largest absolute Gasteiger partial charge is 0.455 e. The predicted molar refractivity (Wildman–Crippen MR) is 107 cm³/mol. The molecule has 0 amide bonds. The van der Waals surface area contributed by atoms with Crippen molar-refractivity contribution in [3.8, 4) is 0 Å². The zero-order valence-corrected chi connectivity index (χ0v) is 14.4. The number of unbranched alkanes of at least 4 members (excludes halogenated alkanes) is 1. The van der Waals surface area contributed by atoms with Crippen molar-refractivity contribution in [2.75, 3.05) is 0 Å². The third-order valence-corrected chi connectivity index (χ3v) is 5.24. The molecule has 1 heteroatoms. The van der Waals surface area contributed by atoms with Gasteiger partial charge in [-0.1, -0.05) is 61.9 Å². The molecule has 0 N–H and O–H groups in total. The number of fused-ring (bicyclic) bond motifs is 7. The highest BCUT2D eigenvalue weighted by atomic mass is 16.3. The lowest BCUT2D eigenvalue weighted by atomic mass is 9.99. The number of hydrogen-bond acceptors (Lipinski definition) is 1. The van der Waals surface area contributed by atoms with Crippen LogP contribution in [0, 0.1) is 0 Å². The summed E-state index contributed by atoms with van der Waals surface area (Å²) in [6, 6.07) is 24.1. The Hall–Kier alpha value is -2.80. The highest BCUT2D eigenvalue weighted by molar-refractivity contribution is 6.20. The Bertz CT molecular complexity index is 1230. The lowest BCUT2D eigenvalue weighted by Crippen LogP contribution is -1.83. The van der Waals surface area contributed by atoms with Crippen molar-refractivity contribution in [1.82, 2.24) is 0 Å². The summed E-state index contributed by atoms with van der Waals surface area (Å²) in [6.45, 7) is 2.23. The summed E-state index contributed by atoms with van der Waals surface area (Å²) in [5, 5.41) is 7.43. The highest BCUT2D eigenvalue weighted by Gasteiger charge is 2.12. The van der Waals surface area contributed by atoms with Gasteiger partial charge in [0.05, 0.1) is 0 Å². The molecule has 0 spiro atoms. The number of rotatable bonds is 3. The van der Waals surface area contributed by atoms with Gasteiger partial charge in [-0.3, -0.25) is 0 Å². The first kappa shape index (κ1) is 14.5. The fourth-order valence-electron chi connectivity index (χ4n) is 3.90. The van der Waals surface area contributed by atoms with Crippen molar-refractivity contribution in [2.45, 2.75) is 26.2 Å². The van der Waals surface area contributed by atoms with Crippen LogP contribution in [0.25, 0.3) is 43.5 Å². The maximum Gasteiger partial charge on any atom is 0.143 e. The van der Waals surface area contributed by atoms with Gasteiger partial charge >= 0.3 is 0 Å². The zero-order valence-electron chi connectivity index (χ0n) is 14.4. The third kappa shape index (κ3) is 2.23. The molecule has 5 rings (SSSR count). The highest BCUT2D eigenvalue weighted by Crippen LogP contribution is 2.36. The number of benzene rings is 4. The molecule has 122 valence electrons. The van der Waals surface area contributed by atoms with Gasteiger partial charge in [-0.25, -0.2) is 0 Å². The minimum Gasteiger partial charge on any atom is -0.455 e. The Kier molecular flexibility index (Phi) is 3.27. The summed E-state index contributed by atoms with van der Waals surface area (Å²) in [5.41, 5.74) is 3.37. The average Bonchev–Trinajstić information content (AvgIpc) is 3.04. The Morgan fingerprint density at radius 1 is 0.720 bits per heavy atom. The van der Waals surface area contributed by atoms with Gasteiger partial charge in [-0.15, -0.1) is 0 Å². The van der Waals surface area contributed by atoms with Crippen molar-refractivity contribution in [3.05, 3.63) is 72.3 Å². The lowest BCUT2D eigenvalue weighted by Gasteiger charge is -2.04. The average molecular weight is 324 g/mol. The molecule has 0 bridgehead atoms. The van der Waals surface area contributed by atoms with E-state index in [0.717, 1.165) is 17.6 Å². The molecule has 1 nitrogen and oxygen atoms in total. The Balaban J connectivity index is 1.81. The van der Waals surface area contributed by atoms with Crippen molar-refractivity contribution >= 4 is 43.5 Å². The first-order chi connectivity index (χ1) is 12.3. The SMILES string of the molecule is CCCCc1ccc2c(c1)oc1c2ccc2c3ccccc3ccc21. The van der Waals surface area contributed by atoms with E-state index in [1.807, 2.05) is 0 Å². The third-order valence-electron chi connectivity index (χ3n) is 5.24. The maximum absolute atomic E-state index is 6.34. The van der Waals surface area contributed by atoms with E-state index < -0.39 is 0 Å². The monoisotopic (exact) mass is 324 g/mol. The first-order valence-electron chi connectivity index (χ1n) is 9.11. The summed E-state index contributed by atoms with van der Waals surface area (Å²) < 4.78 is 6.34. The number of aryl methyl sites for hydroxylation is 1. The molecular formula is C24H20O. The van der Waals surface area contributed by atoms with Crippen LogP contribution >= 0.6 is 0 Å². The van der Waals surface area contributed by atoms with E-state index in [9.17, 15) is 0 Å². The molecule has 0 fully saturated rings. The van der Waals surface area contributed by atoms with E-state index in [0.29, 0.717) is 0 Å². The lowest BCUT2D eigenvalue weighted by molar-refractivity contribution is 0.671. The smallest absolute Gasteiger partial charge is 0.143 e. The molecule has 0 aliphatic carbocycles. The standard InChI is InChI=1S/C24H20O/c1-2-3-6-16-9-11-20-22-14-13-19-18-8-5-4-7-17(18)10-12-21(19)24(22)25-23(20)15-16/h4-5,7-15H,2-3,6H2,1H3. The minimum absolute atomic E-state index is 1.00. The Morgan fingerprint density at radius 2 is 1.48 bits per heavy atom. The fraction of sp³-hybridized carbons (Fsp3) is 0.167. The van der Waals surface area contributed by atoms with E-state index in [-0.39, 0.29) is 0 Å². The van der Waals surface area contributed by atoms with Crippen LogP contribution in [-0.4, -0.2) is 0 Å². The van der Waals surface area contributed by atoms with Crippen LogP contribution in [0.2, 0.25) is 0 Å². The molecule has 4 aromatic carbocycles. The molecule has 0 radical (unpaired) electrons. The maximum atomic E-state index is 6.34. The summed E-state index contributed by atoms with van der Waals surface area (Å²) in [5.74, 6) is 0. The summed E-state index contributed by atoms with van der Waals surface area (Å²) in [7, 11) is 0. The van der Waals surface area contributed by atoms with Crippen LogP contribution in [0.5, 0.6) is 0 Å². The van der Waals surface area contributed by atoms with Crippen LogP contribution in [-0.2, 0) is 6.42 Å². The molecule has 0 atom stereocenters. The van der Waals surface area contributed by atoms with Crippen molar-refractivity contribution < 1.29 is 4.42 Å². The minimum atomic E-state index is 1.00. The van der Waals surface area contributed by atoms with Crippen LogP contribution in [0.15, 0.2) is 71.1 Å². The summed E-state index contributed by atoms with van der Waals surface area (Å²) >= 11 is 0. The molecule has 0 saturated carbocycles.